The van der Waals surface area contributed by atoms with Crippen LogP contribution in [0, 0.1) is 6.92 Å². The minimum Gasteiger partial charge on any atom is -0.283 e. The van der Waals surface area contributed by atoms with Crippen molar-refractivity contribution < 1.29 is 4.79 Å². The second kappa shape index (κ2) is 5.33. The van der Waals surface area contributed by atoms with Crippen LogP contribution in [0.1, 0.15) is 50.6 Å². The summed E-state index contributed by atoms with van der Waals surface area (Å²) < 4.78 is 0. The van der Waals surface area contributed by atoms with Gasteiger partial charge in [0.2, 0.25) is 0 Å². The van der Waals surface area contributed by atoms with Gasteiger partial charge in [0, 0.05) is 5.69 Å². The van der Waals surface area contributed by atoms with E-state index in [9.17, 15) is 4.79 Å². The minimum absolute atomic E-state index is 0.0579. The number of aromatic amines is 1. The SMILES string of the molecule is CC1=NN(c2ccc(C(C)(C)C)cc2)C(=O)C1c1cc(C)[nH]n1. The summed E-state index contributed by atoms with van der Waals surface area (Å²) in [6, 6.07) is 9.91. The fourth-order valence-electron chi connectivity index (χ4n) is 2.78. The van der Waals surface area contributed by atoms with Crippen LogP contribution < -0.4 is 5.01 Å². The highest BCUT2D eigenvalue weighted by Crippen LogP contribution is 2.31. The summed E-state index contributed by atoms with van der Waals surface area (Å²) in [6.07, 6.45) is 0. The Morgan fingerprint density at radius 3 is 2.30 bits per heavy atom. The van der Waals surface area contributed by atoms with Gasteiger partial charge in [-0.3, -0.25) is 9.89 Å². The van der Waals surface area contributed by atoms with Gasteiger partial charge >= 0.3 is 0 Å². The van der Waals surface area contributed by atoms with Gasteiger partial charge in [0.1, 0.15) is 5.92 Å². The Bertz CT molecular complexity index is 765. The molecule has 0 fully saturated rings. The zero-order chi connectivity index (χ0) is 16.8. The molecule has 1 aliphatic heterocycles. The molecular formula is C18H22N4O. The van der Waals surface area contributed by atoms with Crippen LogP contribution in [-0.4, -0.2) is 21.8 Å². The average molecular weight is 310 g/mol. The zero-order valence-corrected chi connectivity index (χ0v) is 14.2. The van der Waals surface area contributed by atoms with Crippen molar-refractivity contribution >= 4 is 17.3 Å². The lowest BCUT2D eigenvalue weighted by Crippen LogP contribution is -2.26. The molecule has 3 rings (SSSR count). The molecule has 2 heterocycles. The highest BCUT2D eigenvalue weighted by Gasteiger charge is 2.37. The Labute approximate surface area is 136 Å². The number of hydrogen-bond donors (Lipinski definition) is 1. The first kappa shape index (κ1) is 15.5. The maximum absolute atomic E-state index is 12.8. The molecule has 23 heavy (non-hydrogen) atoms. The van der Waals surface area contributed by atoms with E-state index in [2.05, 4.69) is 48.2 Å². The van der Waals surface area contributed by atoms with Crippen LogP contribution in [-0.2, 0) is 10.2 Å². The van der Waals surface area contributed by atoms with Crippen molar-refractivity contribution in [3.8, 4) is 0 Å². The normalized spacial score (nSPS) is 18.5. The van der Waals surface area contributed by atoms with Gasteiger partial charge in [-0.15, -0.1) is 0 Å². The van der Waals surface area contributed by atoms with E-state index in [-0.39, 0.29) is 11.3 Å². The summed E-state index contributed by atoms with van der Waals surface area (Å²) in [5.74, 6) is -0.459. The summed E-state index contributed by atoms with van der Waals surface area (Å²) in [5, 5.41) is 13.0. The molecule has 120 valence electrons. The quantitative estimate of drug-likeness (QED) is 0.922. The van der Waals surface area contributed by atoms with Crippen LogP contribution in [0.2, 0.25) is 0 Å². The molecule has 2 aromatic rings. The monoisotopic (exact) mass is 310 g/mol. The van der Waals surface area contributed by atoms with E-state index in [1.54, 1.807) is 0 Å². The molecule has 1 atom stereocenters. The van der Waals surface area contributed by atoms with Crippen LogP contribution in [0.5, 0.6) is 0 Å². The van der Waals surface area contributed by atoms with Gasteiger partial charge in [0.25, 0.3) is 5.91 Å². The van der Waals surface area contributed by atoms with Crippen LogP contribution in [0.4, 0.5) is 5.69 Å². The van der Waals surface area contributed by atoms with Crippen molar-refractivity contribution in [3.05, 3.63) is 47.3 Å². The number of benzene rings is 1. The molecule has 1 aromatic carbocycles. The fourth-order valence-corrected chi connectivity index (χ4v) is 2.78. The Balaban J connectivity index is 1.89. The number of carbonyl (C=O) groups excluding carboxylic acids is 1. The topological polar surface area (TPSA) is 61.4 Å². The standard InChI is InChI=1S/C18H22N4O/c1-11-10-15(20-19-11)16-12(2)21-22(17(16)23)14-8-6-13(7-9-14)18(3,4)5/h6-10,16H,1-5H3,(H,19,20). The van der Waals surface area contributed by atoms with Crippen molar-refractivity contribution in [2.24, 2.45) is 5.10 Å². The molecular weight excluding hydrogens is 288 g/mol. The van der Waals surface area contributed by atoms with Gasteiger partial charge in [0.05, 0.1) is 17.1 Å². The van der Waals surface area contributed by atoms with E-state index in [1.165, 1.54) is 10.6 Å². The summed E-state index contributed by atoms with van der Waals surface area (Å²) >= 11 is 0. The number of carbonyl (C=O) groups is 1. The molecule has 1 aliphatic rings. The van der Waals surface area contributed by atoms with E-state index >= 15 is 0 Å². The number of aromatic nitrogens is 2. The molecule has 0 aliphatic carbocycles. The third-order valence-electron chi connectivity index (χ3n) is 4.13. The molecule has 5 nitrogen and oxygen atoms in total. The Kier molecular flexibility index (Phi) is 3.59. The Morgan fingerprint density at radius 2 is 1.78 bits per heavy atom. The molecule has 0 saturated carbocycles. The van der Waals surface area contributed by atoms with E-state index in [0.717, 1.165) is 22.8 Å². The summed E-state index contributed by atoms with van der Waals surface area (Å²) in [4.78, 5) is 12.8. The lowest BCUT2D eigenvalue weighted by Gasteiger charge is -2.20. The molecule has 5 heteroatoms. The number of rotatable bonds is 2. The Morgan fingerprint density at radius 1 is 1.13 bits per heavy atom. The van der Waals surface area contributed by atoms with Crippen molar-refractivity contribution in [2.45, 2.75) is 46.0 Å². The highest BCUT2D eigenvalue weighted by molar-refractivity contribution is 6.18. The molecule has 1 amide bonds. The van der Waals surface area contributed by atoms with Gasteiger partial charge < -0.3 is 0 Å². The van der Waals surface area contributed by atoms with E-state index in [4.69, 9.17) is 0 Å². The molecule has 0 bridgehead atoms. The average Bonchev–Trinajstić information content (AvgIpc) is 3.02. The van der Waals surface area contributed by atoms with E-state index in [0.29, 0.717) is 0 Å². The van der Waals surface area contributed by atoms with Gasteiger partial charge in [0.15, 0.2) is 0 Å². The van der Waals surface area contributed by atoms with Crippen LogP contribution >= 0.6 is 0 Å². The van der Waals surface area contributed by atoms with Crippen molar-refractivity contribution in [2.75, 3.05) is 5.01 Å². The second-order valence-electron chi connectivity index (χ2n) is 7.10. The first-order valence-electron chi connectivity index (χ1n) is 7.79. The number of nitrogens with zero attached hydrogens (tertiary/aromatic N) is 3. The highest BCUT2D eigenvalue weighted by atomic mass is 16.2. The van der Waals surface area contributed by atoms with Gasteiger partial charge in [-0.1, -0.05) is 32.9 Å². The number of amides is 1. The van der Waals surface area contributed by atoms with Gasteiger partial charge in [-0.2, -0.15) is 15.2 Å². The molecule has 0 spiro atoms. The lowest BCUT2D eigenvalue weighted by molar-refractivity contribution is -0.118. The molecule has 1 unspecified atom stereocenters. The largest absolute Gasteiger partial charge is 0.283 e. The smallest absolute Gasteiger partial charge is 0.262 e. The summed E-state index contributed by atoms with van der Waals surface area (Å²) in [6.45, 7) is 10.3. The molecule has 0 saturated heterocycles. The third-order valence-corrected chi connectivity index (χ3v) is 4.13. The minimum atomic E-state index is -0.401. The van der Waals surface area contributed by atoms with Crippen LogP contribution in [0.3, 0.4) is 0 Å². The van der Waals surface area contributed by atoms with E-state index < -0.39 is 5.92 Å². The van der Waals surface area contributed by atoms with Gasteiger partial charge in [-0.25, -0.2) is 0 Å². The number of anilines is 1. The van der Waals surface area contributed by atoms with E-state index in [1.807, 2.05) is 32.0 Å². The van der Waals surface area contributed by atoms with Crippen LogP contribution in [0.25, 0.3) is 0 Å². The first-order chi connectivity index (χ1) is 10.8. The van der Waals surface area contributed by atoms with Gasteiger partial charge in [-0.05, 0) is 43.0 Å². The summed E-state index contributed by atoms with van der Waals surface area (Å²) in [5.41, 5.74) is 4.53. The second-order valence-corrected chi connectivity index (χ2v) is 7.10. The predicted octanol–water partition coefficient (Wildman–Crippen LogP) is 3.52. The fraction of sp³-hybridized carbons (Fsp3) is 0.389. The molecule has 1 aromatic heterocycles. The number of hydrazone groups is 1. The zero-order valence-electron chi connectivity index (χ0n) is 14.2. The van der Waals surface area contributed by atoms with Crippen molar-refractivity contribution in [1.82, 2.24) is 10.2 Å². The maximum Gasteiger partial charge on any atom is 0.262 e. The first-order valence-corrected chi connectivity index (χ1v) is 7.79. The number of hydrogen-bond acceptors (Lipinski definition) is 3. The molecule has 0 radical (unpaired) electrons. The number of aryl methyl sites for hydroxylation is 1. The predicted molar refractivity (Wildman–Crippen MR) is 91.8 cm³/mol. The van der Waals surface area contributed by atoms with Crippen molar-refractivity contribution in [3.63, 3.8) is 0 Å². The van der Waals surface area contributed by atoms with Crippen molar-refractivity contribution in [1.29, 1.82) is 0 Å². The lowest BCUT2D eigenvalue weighted by atomic mass is 9.87. The third kappa shape index (κ3) is 2.79. The van der Waals surface area contributed by atoms with Crippen LogP contribution in [0.15, 0.2) is 35.4 Å². The number of nitrogens with one attached hydrogen (secondary N) is 1. The molecule has 1 N–H and O–H groups in total. The Hall–Kier alpha value is -2.43. The summed E-state index contributed by atoms with van der Waals surface area (Å²) in [7, 11) is 0. The maximum atomic E-state index is 12.8. The number of H-pyrrole nitrogens is 1.